The molecule has 0 aliphatic carbocycles. The van der Waals surface area contributed by atoms with Gasteiger partial charge < -0.3 is 0 Å². The van der Waals surface area contributed by atoms with Gasteiger partial charge in [0.05, 0.1) is 0 Å². The van der Waals surface area contributed by atoms with Crippen LogP contribution in [0.2, 0.25) is 0 Å². The van der Waals surface area contributed by atoms with Crippen molar-refractivity contribution in [2.24, 2.45) is 0 Å². The quantitative estimate of drug-likeness (QED) is 0.395. The van der Waals surface area contributed by atoms with Gasteiger partial charge in [-0.05, 0) is 25.0 Å². The number of halogens is 1. The van der Waals surface area contributed by atoms with Gasteiger partial charge in [-0.3, -0.25) is 0 Å². The van der Waals surface area contributed by atoms with Crippen LogP contribution in [0.5, 0.6) is 0 Å². The molecule has 0 fully saturated rings. The predicted molar refractivity (Wildman–Crippen MR) is 75.2 cm³/mol. The van der Waals surface area contributed by atoms with Crippen molar-refractivity contribution in [2.45, 2.75) is 62.3 Å². The Morgan fingerprint density at radius 1 is 1.00 bits per heavy atom. The molecule has 96 valence electrons. The molecule has 1 atom stereocenters. The molecule has 0 aliphatic heterocycles. The lowest BCUT2D eigenvalue weighted by atomic mass is 10.1. The first-order valence-electron chi connectivity index (χ1n) is 6.68. The maximum atomic E-state index is 13.6. The molecule has 2 heteroatoms. The summed E-state index contributed by atoms with van der Waals surface area (Å²) in [5.41, 5.74) is -0.747. The fourth-order valence-corrected chi connectivity index (χ4v) is 2.68. The molecule has 0 saturated heterocycles. The van der Waals surface area contributed by atoms with E-state index in [2.05, 4.69) is 6.92 Å². The SMILES string of the molecule is CCCCCCCCC(F)Sc1ccccc1. The Labute approximate surface area is 109 Å². The fraction of sp³-hybridized carbons (Fsp3) is 0.600. The number of hydrogen-bond acceptors (Lipinski definition) is 1. The van der Waals surface area contributed by atoms with Crippen LogP contribution in [0, 0.1) is 0 Å². The Balaban J connectivity index is 2.03. The van der Waals surface area contributed by atoms with E-state index in [-0.39, 0.29) is 0 Å². The van der Waals surface area contributed by atoms with Crippen LogP contribution in [0.25, 0.3) is 0 Å². The highest BCUT2D eigenvalue weighted by atomic mass is 32.2. The average molecular weight is 254 g/mol. The summed E-state index contributed by atoms with van der Waals surface area (Å²) in [5, 5.41) is 0. The number of unbranched alkanes of at least 4 members (excludes halogenated alkanes) is 5. The maximum Gasteiger partial charge on any atom is 0.150 e. The number of hydrogen-bond donors (Lipinski definition) is 0. The highest BCUT2D eigenvalue weighted by Gasteiger charge is 2.07. The van der Waals surface area contributed by atoms with E-state index >= 15 is 0 Å². The number of benzene rings is 1. The number of rotatable bonds is 9. The Bertz CT molecular complexity index is 274. The zero-order valence-electron chi connectivity index (χ0n) is 10.7. The molecule has 0 aromatic heterocycles. The first-order valence-corrected chi connectivity index (χ1v) is 7.56. The molecule has 1 rings (SSSR count). The Kier molecular flexibility index (Phi) is 8.16. The second kappa shape index (κ2) is 9.52. The summed E-state index contributed by atoms with van der Waals surface area (Å²) in [6.45, 7) is 2.22. The van der Waals surface area contributed by atoms with E-state index in [0.717, 1.165) is 11.3 Å². The molecule has 0 spiro atoms. The minimum absolute atomic E-state index is 0.686. The molecule has 17 heavy (non-hydrogen) atoms. The number of thioether (sulfide) groups is 1. The van der Waals surface area contributed by atoms with Crippen molar-refractivity contribution in [2.75, 3.05) is 0 Å². The predicted octanol–water partition coefficient (Wildman–Crippen LogP) is 5.82. The zero-order valence-corrected chi connectivity index (χ0v) is 11.5. The van der Waals surface area contributed by atoms with Crippen molar-refractivity contribution in [3.8, 4) is 0 Å². The molecule has 1 unspecified atom stereocenters. The lowest BCUT2D eigenvalue weighted by Crippen LogP contribution is -1.93. The Morgan fingerprint density at radius 2 is 1.65 bits per heavy atom. The lowest BCUT2D eigenvalue weighted by molar-refractivity contribution is 0.411. The summed E-state index contributed by atoms with van der Waals surface area (Å²) in [6, 6.07) is 9.82. The zero-order chi connectivity index (χ0) is 12.3. The first kappa shape index (κ1) is 14.6. The van der Waals surface area contributed by atoms with E-state index in [4.69, 9.17) is 0 Å². The standard InChI is InChI=1S/C15H23FS/c1-2-3-4-5-6-10-13-15(16)17-14-11-8-7-9-12-14/h7-9,11-12,15H,2-6,10,13H2,1H3. The summed E-state index contributed by atoms with van der Waals surface area (Å²) in [7, 11) is 0. The highest BCUT2D eigenvalue weighted by Crippen LogP contribution is 2.27. The van der Waals surface area contributed by atoms with Crippen LogP contribution >= 0.6 is 11.8 Å². The summed E-state index contributed by atoms with van der Waals surface area (Å²) in [4.78, 5) is 1.03. The molecule has 0 amide bonds. The van der Waals surface area contributed by atoms with Crippen molar-refractivity contribution < 1.29 is 4.39 Å². The summed E-state index contributed by atoms with van der Waals surface area (Å²) < 4.78 is 13.6. The highest BCUT2D eigenvalue weighted by molar-refractivity contribution is 7.99. The van der Waals surface area contributed by atoms with Crippen molar-refractivity contribution in [1.82, 2.24) is 0 Å². The van der Waals surface area contributed by atoms with Crippen molar-refractivity contribution in [3.05, 3.63) is 30.3 Å². The molecule has 0 saturated carbocycles. The van der Waals surface area contributed by atoms with Crippen LogP contribution in [0.1, 0.15) is 51.9 Å². The van der Waals surface area contributed by atoms with Crippen molar-refractivity contribution >= 4 is 11.8 Å². The van der Waals surface area contributed by atoms with E-state index in [1.807, 2.05) is 30.3 Å². The molecule has 0 radical (unpaired) electrons. The van der Waals surface area contributed by atoms with Gasteiger partial charge in [0.1, 0.15) is 5.50 Å². The van der Waals surface area contributed by atoms with Gasteiger partial charge in [-0.1, -0.05) is 69.0 Å². The molecular weight excluding hydrogens is 231 g/mol. The van der Waals surface area contributed by atoms with Crippen LogP contribution in [-0.2, 0) is 0 Å². The van der Waals surface area contributed by atoms with Gasteiger partial charge in [0.2, 0.25) is 0 Å². The molecule has 1 aromatic carbocycles. The second-order valence-electron chi connectivity index (χ2n) is 4.40. The normalized spacial score (nSPS) is 12.6. The molecule has 0 heterocycles. The minimum atomic E-state index is -0.747. The smallest absolute Gasteiger partial charge is 0.150 e. The van der Waals surface area contributed by atoms with Crippen LogP contribution < -0.4 is 0 Å². The molecule has 0 bridgehead atoms. The molecular formula is C15H23FS. The number of alkyl halides is 1. The van der Waals surface area contributed by atoms with E-state index in [0.29, 0.717) is 6.42 Å². The molecule has 0 N–H and O–H groups in total. The lowest BCUT2D eigenvalue weighted by Gasteiger charge is -2.07. The van der Waals surface area contributed by atoms with E-state index in [1.54, 1.807) is 0 Å². The summed E-state index contributed by atoms with van der Waals surface area (Å²) in [6.07, 6.45) is 8.04. The topological polar surface area (TPSA) is 0 Å². The monoisotopic (exact) mass is 254 g/mol. The van der Waals surface area contributed by atoms with Gasteiger partial charge in [0, 0.05) is 4.90 Å². The molecule has 1 aromatic rings. The van der Waals surface area contributed by atoms with E-state index < -0.39 is 5.50 Å². The van der Waals surface area contributed by atoms with Gasteiger partial charge in [-0.2, -0.15) is 0 Å². The van der Waals surface area contributed by atoms with Gasteiger partial charge in [0.15, 0.2) is 0 Å². The van der Waals surface area contributed by atoms with Gasteiger partial charge in [-0.15, -0.1) is 0 Å². The van der Waals surface area contributed by atoms with Crippen LogP contribution in [0.4, 0.5) is 4.39 Å². The van der Waals surface area contributed by atoms with E-state index in [9.17, 15) is 4.39 Å². The van der Waals surface area contributed by atoms with Gasteiger partial charge in [0.25, 0.3) is 0 Å². The second-order valence-corrected chi connectivity index (χ2v) is 5.62. The summed E-state index contributed by atoms with van der Waals surface area (Å²) in [5.74, 6) is 0. The van der Waals surface area contributed by atoms with Gasteiger partial charge >= 0.3 is 0 Å². The van der Waals surface area contributed by atoms with Gasteiger partial charge in [-0.25, -0.2) is 4.39 Å². The largest absolute Gasteiger partial charge is 0.235 e. The Hall–Kier alpha value is -0.500. The third-order valence-electron chi connectivity index (χ3n) is 2.79. The Morgan fingerprint density at radius 3 is 2.35 bits per heavy atom. The fourth-order valence-electron chi connectivity index (χ4n) is 1.79. The third-order valence-corrected chi connectivity index (χ3v) is 3.83. The molecule has 0 aliphatic rings. The van der Waals surface area contributed by atoms with Crippen molar-refractivity contribution in [1.29, 1.82) is 0 Å². The van der Waals surface area contributed by atoms with E-state index in [1.165, 1.54) is 43.9 Å². The minimum Gasteiger partial charge on any atom is -0.235 e. The van der Waals surface area contributed by atoms with Crippen LogP contribution in [0.15, 0.2) is 35.2 Å². The van der Waals surface area contributed by atoms with Crippen LogP contribution in [0.3, 0.4) is 0 Å². The maximum absolute atomic E-state index is 13.6. The average Bonchev–Trinajstić information content (AvgIpc) is 2.35. The summed E-state index contributed by atoms with van der Waals surface area (Å²) >= 11 is 1.35. The van der Waals surface area contributed by atoms with Crippen LogP contribution in [-0.4, -0.2) is 5.50 Å². The van der Waals surface area contributed by atoms with Crippen molar-refractivity contribution in [3.63, 3.8) is 0 Å². The third kappa shape index (κ3) is 7.43. The first-order chi connectivity index (χ1) is 8.33. The molecule has 0 nitrogen and oxygen atoms in total.